The molecule has 1 saturated heterocycles. The third kappa shape index (κ3) is 3.31. The molecule has 0 aliphatic carbocycles. The Hall–Kier alpha value is -2.41. The Balaban J connectivity index is 1.87. The highest BCUT2D eigenvalue weighted by molar-refractivity contribution is 8.00. The molecular formula is C19H21N3O3S. The van der Waals surface area contributed by atoms with Gasteiger partial charge in [-0.1, -0.05) is 36.4 Å². The minimum atomic E-state index is -0.585. The number of anilines is 1. The summed E-state index contributed by atoms with van der Waals surface area (Å²) in [6, 6.07) is 5.63. The van der Waals surface area contributed by atoms with E-state index in [-0.39, 0.29) is 23.8 Å². The zero-order chi connectivity index (χ0) is 19.0. The summed E-state index contributed by atoms with van der Waals surface area (Å²) >= 11 is 1.14. The molecule has 136 valence electrons. The van der Waals surface area contributed by atoms with Crippen LogP contribution in [0.3, 0.4) is 0 Å². The van der Waals surface area contributed by atoms with Crippen LogP contribution >= 0.6 is 11.8 Å². The number of nitrogens with one attached hydrogen (secondary N) is 1. The average Bonchev–Trinajstić information content (AvgIpc) is 2.82. The van der Waals surface area contributed by atoms with Crippen molar-refractivity contribution in [2.75, 3.05) is 4.90 Å². The molecule has 1 aromatic carbocycles. The number of H-pyrrole nitrogens is 1. The van der Waals surface area contributed by atoms with E-state index in [0.29, 0.717) is 28.5 Å². The lowest BCUT2D eigenvalue weighted by Gasteiger charge is -2.17. The number of nitrogens with zero attached hydrogens (tertiary/aromatic N) is 2. The highest BCUT2D eigenvalue weighted by Gasteiger charge is 2.41. The molecule has 1 aliphatic rings. The summed E-state index contributed by atoms with van der Waals surface area (Å²) in [5.74, 6) is -0.504. The molecule has 2 amide bonds. The summed E-state index contributed by atoms with van der Waals surface area (Å²) in [7, 11) is 0. The summed E-state index contributed by atoms with van der Waals surface area (Å²) < 4.78 is 0. The smallest absolute Gasteiger partial charge is 0.254 e. The predicted molar refractivity (Wildman–Crippen MR) is 102 cm³/mol. The van der Waals surface area contributed by atoms with Gasteiger partial charge in [-0.05, 0) is 38.8 Å². The first kappa shape index (κ1) is 18.4. The van der Waals surface area contributed by atoms with E-state index < -0.39 is 5.25 Å². The number of thioether (sulfide) groups is 1. The minimum absolute atomic E-state index is 0.0924. The second-order valence-electron chi connectivity index (χ2n) is 6.46. The van der Waals surface area contributed by atoms with Crippen LogP contribution in [0.1, 0.15) is 35.7 Å². The van der Waals surface area contributed by atoms with E-state index in [1.165, 1.54) is 4.90 Å². The summed E-state index contributed by atoms with van der Waals surface area (Å²) in [6.07, 6.45) is 0.690. The number of hydrogen-bond acceptors (Lipinski definition) is 5. The molecule has 1 N–H and O–H groups in total. The molecule has 7 heteroatoms. The summed E-state index contributed by atoms with van der Waals surface area (Å²) in [6.45, 7) is 7.53. The fraction of sp³-hybridized carbons (Fsp3) is 0.368. The van der Waals surface area contributed by atoms with Crippen molar-refractivity contribution in [1.29, 1.82) is 0 Å². The van der Waals surface area contributed by atoms with Crippen molar-refractivity contribution >= 4 is 29.3 Å². The van der Waals surface area contributed by atoms with Gasteiger partial charge in [0.2, 0.25) is 11.8 Å². The molecule has 0 spiro atoms. The van der Waals surface area contributed by atoms with Crippen LogP contribution in [0, 0.1) is 20.8 Å². The Kier molecular flexibility index (Phi) is 5.00. The van der Waals surface area contributed by atoms with Crippen LogP contribution in [-0.4, -0.2) is 27.0 Å². The van der Waals surface area contributed by atoms with Crippen molar-refractivity contribution in [3.63, 3.8) is 0 Å². The Labute approximate surface area is 156 Å². The molecule has 0 radical (unpaired) electrons. The van der Waals surface area contributed by atoms with Crippen molar-refractivity contribution in [2.45, 2.75) is 50.9 Å². The number of rotatable bonds is 4. The van der Waals surface area contributed by atoms with Gasteiger partial charge >= 0.3 is 0 Å². The Bertz CT molecular complexity index is 952. The van der Waals surface area contributed by atoms with Gasteiger partial charge in [-0.15, -0.1) is 0 Å². The summed E-state index contributed by atoms with van der Waals surface area (Å²) in [4.78, 5) is 45.7. The van der Waals surface area contributed by atoms with Gasteiger partial charge in [0.1, 0.15) is 5.25 Å². The zero-order valence-electron chi connectivity index (χ0n) is 15.3. The van der Waals surface area contributed by atoms with Gasteiger partial charge in [0, 0.05) is 17.7 Å². The molecule has 1 aliphatic heterocycles. The molecule has 1 fully saturated rings. The number of carbonyl (C=O) groups is 2. The maximum atomic E-state index is 12.8. The average molecular weight is 371 g/mol. The molecule has 1 atom stereocenters. The van der Waals surface area contributed by atoms with Crippen molar-refractivity contribution in [2.24, 2.45) is 0 Å². The van der Waals surface area contributed by atoms with Crippen molar-refractivity contribution < 1.29 is 9.59 Å². The number of carbonyl (C=O) groups excluding carboxylic acids is 2. The third-order valence-corrected chi connectivity index (χ3v) is 5.58. The van der Waals surface area contributed by atoms with E-state index in [4.69, 9.17) is 0 Å². The Morgan fingerprint density at radius 2 is 1.96 bits per heavy atom. The van der Waals surface area contributed by atoms with E-state index >= 15 is 0 Å². The predicted octanol–water partition coefficient (Wildman–Crippen LogP) is 2.68. The molecule has 6 nitrogen and oxygen atoms in total. The van der Waals surface area contributed by atoms with Gasteiger partial charge in [-0.2, -0.15) is 0 Å². The highest BCUT2D eigenvalue weighted by atomic mass is 32.2. The largest absolute Gasteiger partial charge is 0.301 e. The molecule has 0 saturated carbocycles. The van der Waals surface area contributed by atoms with Crippen LogP contribution in [0.2, 0.25) is 0 Å². The summed E-state index contributed by atoms with van der Waals surface area (Å²) in [5, 5.41) is -0.212. The minimum Gasteiger partial charge on any atom is -0.301 e. The molecular weight excluding hydrogens is 350 g/mol. The molecule has 2 aromatic rings. The van der Waals surface area contributed by atoms with Crippen LogP contribution in [0.15, 0.2) is 28.2 Å². The van der Waals surface area contributed by atoms with Crippen LogP contribution in [0.25, 0.3) is 0 Å². The number of aromatic nitrogens is 2. The van der Waals surface area contributed by atoms with Gasteiger partial charge in [-0.3, -0.25) is 14.4 Å². The Morgan fingerprint density at radius 1 is 1.23 bits per heavy atom. The topological polar surface area (TPSA) is 83.1 Å². The van der Waals surface area contributed by atoms with E-state index in [0.717, 1.165) is 22.9 Å². The second kappa shape index (κ2) is 7.07. The van der Waals surface area contributed by atoms with E-state index in [9.17, 15) is 14.4 Å². The first-order valence-electron chi connectivity index (χ1n) is 8.52. The standard InChI is InChI=1S/C19H21N3O3S/c1-5-13-12(4)20-19(21-17(13)24)26-15-9-16(23)22(18(15)25)14-7-6-10(2)8-11(14)3/h6-8,15H,5,9H2,1-4H3,(H,20,21,24)/t15-/m1/s1. The molecule has 1 aromatic heterocycles. The number of hydrogen-bond donors (Lipinski definition) is 1. The SMILES string of the molecule is CCc1c(C)nc(S[C@@H]2CC(=O)N(c3ccc(C)cc3C)C2=O)[nH]c1=O. The second-order valence-corrected chi connectivity index (χ2v) is 7.65. The lowest BCUT2D eigenvalue weighted by molar-refractivity contribution is -0.121. The molecule has 3 rings (SSSR count). The van der Waals surface area contributed by atoms with Gasteiger partial charge in [-0.25, -0.2) is 9.88 Å². The number of aryl methyl sites for hydroxylation is 3. The number of amides is 2. The van der Waals surface area contributed by atoms with Crippen LogP contribution < -0.4 is 10.5 Å². The maximum Gasteiger partial charge on any atom is 0.254 e. The number of benzene rings is 1. The lowest BCUT2D eigenvalue weighted by atomic mass is 10.1. The van der Waals surface area contributed by atoms with Gasteiger partial charge < -0.3 is 4.98 Å². The van der Waals surface area contributed by atoms with Crippen molar-refractivity contribution in [1.82, 2.24) is 9.97 Å². The van der Waals surface area contributed by atoms with E-state index in [1.807, 2.05) is 32.9 Å². The summed E-state index contributed by atoms with van der Waals surface area (Å²) in [5.41, 5.74) is 3.68. The molecule has 2 heterocycles. The van der Waals surface area contributed by atoms with Crippen LogP contribution in [0.4, 0.5) is 5.69 Å². The maximum absolute atomic E-state index is 12.8. The highest BCUT2D eigenvalue weighted by Crippen LogP contribution is 2.34. The fourth-order valence-electron chi connectivity index (χ4n) is 3.20. The van der Waals surface area contributed by atoms with Crippen molar-refractivity contribution in [3.8, 4) is 0 Å². The fourth-order valence-corrected chi connectivity index (χ4v) is 4.24. The Morgan fingerprint density at radius 3 is 2.58 bits per heavy atom. The molecule has 26 heavy (non-hydrogen) atoms. The van der Waals surface area contributed by atoms with E-state index in [2.05, 4.69) is 9.97 Å². The zero-order valence-corrected chi connectivity index (χ0v) is 16.1. The van der Waals surface area contributed by atoms with Gasteiger partial charge in [0.15, 0.2) is 5.16 Å². The number of imide groups is 1. The molecule has 0 bridgehead atoms. The molecule has 0 unspecified atom stereocenters. The van der Waals surface area contributed by atoms with Crippen LogP contribution in [0.5, 0.6) is 0 Å². The van der Waals surface area contributed by atoms with Crippen LogP contribution in [-0.2, 0) is 16.0 Å². The first-order chi connectivity index (χ1) is 12.3. The van der Waals surface area contributed by atoms with Crippen molar-refractivity contribution in [3.05, 3.63) is 50.9 Å². The van der Waals surface area contributed by atoms with Gasteiger partial charge in [0.05, 0.1) is 5.69 Å². The quantitative estimate of drug-likeness (QED) is 0.660. The monoisotopic (exact) mass is 371 g/mol. The lowest BCUT2D eigenvalue weighted by Crippen LogP contribution is -2.31. The first-order valence-corrected chi connectivity index (χ1v) is 9.40. The van der Waals surface area contributed by atoms with Gasteiger partial charge in [0.25, 0.3) is 5.56 Å². The number of aromatic amines is 1. The van der Waals surface area contributed by atoms with E-state index in [1.54, 1.807) is 13.0 Å². The third-order valence-electron chi connectivity index (χ3n) is 4.51. The normalized spacial score (nSPS) is 17.2.